The van der Waals surface area contributed by atoms with E-state index in [1.807, 2.05) is 0 Å². The molecule has 92 valence electrons. The van der Waals surface area contributed by atoms with Gasteiger partial charge in [-0.05, 0) is 58.7 Å². The van der Waals surface area contributed by atoms with Crippen LogP contribution in [-0.4, -0.2) is 0 Å². The molecule has 1 aromatic rings. The topological polar surface area (TPSA) is 26.0 Å². The lowest BCUT2D eigenvalue weighted by Crippen LogP contribution is -2.19. The fraction of sp³-hybridized carbons (Fsp3) is 0.538. The lowest BCUT2D eigenvalue weighted by atomic mass is 9.97. The Morgan fingerprint density at radius 2 is 1.88 bits per heavy atom. The van der Waals surface area contributed by atoms with Crippen molar-refractivity contribution in [1.29, 1.82) is 0 Å². The summed E-state index contributed by atoms with van der Waals surface area (Å²) in [6.07, 6.45) is 3.57. The van der Waals surface area contributed by atoms with Crippen LogP contribution in [0.25, 0.3) is 0 Å². The predicted octanol–water partition coefficient (Wildman–Crippen LogP) is 3.77. The first-order valence-corrected chi connectivity index (χ1v) is 6.79. The molecule has 3 atom stereocenters. The molecule has 1 nitrogen and oxygen atoms in total. The summed E-state index contributed by atoms with van der Waals surface area (Å²) in [7, 11) is 0. The maximum absolute atomic E-state index is 13.9. The van der Waals surface area contributed by atoms with Crippen LogP contribution < -0.4 is 5.73 Å². The molecule has 4 heteroatoms. The summed E-state index contributed by atoms with van der Waals surface area (Å²) < 4.78 is 27.9. The molecular formula is C13H14BrF2N. The van der Waals surface area contributed by atoms with Gasteiger partial charge >= 0.3 is 0 Å². The van der Waals surface area contributed by atoms with E-state index in [4.69, 9.17) is 5.73 Å². The fourth-order valence-electron chi connectivity index (χ4n) is 3.45. The number of benzene rings is 1. The van der Waals surface area contributed by atoms with Crippen molar-refractivity contribution in [3.05, 3.63) is 33.8 Å². The van der Waals surface area contributed by atoms with Crippen molar-refractivity contribution in [3.8, 4) is 0 Å². The molecule has 0 bridgehead atoms. The molecule has 0 aliphatic heterocycles. The van der Waals surface area contributed by atoms with Crippen LogP contribution in [0.2, 0.25) is 0 Å². The van der Waals surface area contributed by atoms with E-state index in [9.17, 15) is 8.78 Å². The van der Waals surface area contributed by atoms with Gasteiger partial charge in [0.15, 0.2) is 0 Å². The maximum Gasteiger partial charge on any atom is 0.145 e. The second-order valence-corrected chi connectivity index (χ2v) is 5.97. The zero-order valence-electron chi connectivity index (χ0n) is 9.30. The minimum absolute atomic E-state index is 0.0544. The summed E-state index contributed by atoms with van der Waals surface area (Å²) >= 11 is 3.08. The molecule has 3 rings (SSSR count). The number of rotatable bonds is 2. The standard InChI is InChI=1S/C13H14BrF2N/c14-8-4-5-9(15)11(12(8)16)13(17)10-6-2-1-3-7(6)10/h4-7,10,13H,1-3,17H2. The SMILES string of the molecule is NC(c1c(F)ccc(Br)c1F)C1C2CCCC21. The largest absolute Gasteiger partial charge is 0.324 e. The average molecular weight is 302 g/mol. The van der Waals surface area contributed by atoms with Crippen LogP contribution in [0.1, 0.15) is 30.9 Å². The molecule has 2 aliphatic carbocycles. The zero-order valence-corrected chi connectivity index (χ0v) is 10.9. The van der Waals surface area contributed by atoms with E-state index in [0.29, 0.717) is 11.8 Å². The summed E-state index contributed by atoms with van der Waals surface area (Å²) in [5.41, 5.74) is 6.11. The zero-order chi connectivity index (χ0) is 12.2. The van der Waals surface area contributed by atoms with E-state index in [1.54, 1.807) is 0 Å². The Morgan fingerprint density at radius 3 is 2.53 bits per heavy atom. The van der Waals surface area contributed by atoms with Crippen LogP contribution >= 0.6 is 15.9 Å². The molecule has 0 amide bonds. The third-order valence-corrected chi connectivity index (χ3v) is 4.91. The van der Waals surface area contributed by atoms with Crippen molar-refractivity contribution >= 4 is 15.9 Å². The van der Waals surface area contributed by atoms with Crippen molar-refractivity contribution in [1.82, 2.24) is 0 Å². The minimum atomic E-state index is -0.539. The Morgan fingerprint density at radius 1 is 1.24 bits per heavy atom. The highest BCUT2D eigenvalue weighted by atomic mass is 79.9. The van der Waals surface area contributed by atoms with Crippen molar-refractivity contribution in [3.63, 3.8) is 0 Å². The van der Waals surface area contributed by atoms with E-state index in [0.717, 1.165) is 0 Å². The minimum Gasteiger partial charge on any atom is -0.324 e. The van der Waals surface area contributed by atoms with Crippen LogP contribution in [0, 0.1) is 29.4 Å². The molecule has 3 unspecified atom stereocenters. The van der Waals surface area contributed by atoms with Crippen LogP contribution in [0.5, 0.6) is 0 Å². The number of halogens is 3. The van der Waals surface area contributed by atoms with Gasteiger partial charge in [0.1, 0.15) is 11.6 Å². The van der Waals surface area contributed by atoms with Gasteiger partial charge in [-0.25, -0.2) is 8.78 Å². The van der Waals surface area contributed by atoms with Gasteiger partial charge < -0.3 is 5.73 Å². The van der Waals surface area contributed by atoms with Crippen molar-refractivity contribution < 1.29 is 8.78 Å². The quantitative estimate of drug-likeness (QED) is 0.827. The lowest BCUT2D eigenvalue weighted by molar-refractivity contribution is 0.453. The van der Waals surface area contributed by atoms with E-state index < -0.39 is 17.7 Å². The first-order valence-electron chi connectivity index (χ1n) is 6.00. The van der Waals surface area contributed by atoms with Gasteiger partial charge in [0.05, 0.1) is 4.47 Å². The molecule has 0 heterocycles. The number of fused-ring (bicyclic) bond motifs is 1. The average Bonchev–Trinajstić information content (AvgIpc) is 2.78. The molecule has 2 aliphatic rings. The Hall–Kier alpha value is -0.480. The monoisotopic (exact) mass is 301 g/mol. The van der Waals surface area contributed by atoms with Gasteiger partial charge in [-0.15, -0.1) is 0 Å². The molecule has 2 fully saturated rings. The summed E-state index contributed by atoms with van der Waals surface area (Å²) in [4.78, 5) is 0. The van der Waals surface area contributed by atoms with E-state index in [1.165, 1.54) is 31.4 Å². The van der Waals surface area contributed by atoms with E-state index in [2.05, 4.69) is 15.9 Å². The van der Waals surface area contributed by atoms with Crippen molar-refractivity contribution in [2.75, 3.05) is 0 Å². The normalized spacial score (nSPS) is 32.4. The smallest absolute Gasteiger partial charge is 0.145 e. The van der Waals surface area contributed by atoms with Gasteiger partial charge in [0.2, 0.25) is 0 Å². The van der Waals surface area contributed by atoms with Crippen LogP contribution in [0.15, 0.2) is 16.6 Å². The highest BCUT2D eigenvalue weighted by Crippen LogP contribution is 2.61. The summed E-state index contributed by atoms with van der Waals surface area (Å²) in [5.74, 6) is 0.415. The first kappa shape index (κ1) is 11.6. The van der Waals surface area contributed by atoms with Crippen LogP contribution in [0.4, 0.5) is 8.78 Å². The Kier molecular flexibility index (Phi) is 2.75. The number of nitrogens with two attached hydrogens (primary N) is 1. The summed E-state index contributed by atoms with van der Waals surface area (Å²) in [6, 6.07) is 2.16. The Balaban J connectivity index is 1.91. The van der Waals surface area contributed by atoms with Gasteiger partial charge in [0.25, 0.3) is 0 Å². The second kappa shape index (κ2) is 4.02. The second-order valence-electron chi connectivity index (χ2n) is 5.12. The molecule has 0 radical (unpaired) electrons. The fourth-order valence-corrected chi connectivity index (χ4v) is 3.80. The highest BCUT2D eigenvalue weighted by Gasteiger charge is 2.55. The van der Waals surface area contributed by atoms with E-state index in [-0.39, 0.29) is 16.0 Å². The predicted molar refractivity (Wildman–Crippen MR) is 65.3 cm³/mol. The van der Waals surface area contributed by atoms with Crippen LogP contribution in [0.3, 0.4) is 0 Å². The van der Waals surface area contributed by atoms with E-state index >= 15 is 0 Å². The van der Waals surface area contributed by atoms with Crippen molar-refractivity contribution in [2.45, 2.75) is 25.3 Å². The molecule has 1 aromatic carbocycles. The molecular weight excluding hydrogens is 288 g/mol. The molecule has 2 N–H and O–H groups in total. The van der Waals surface area contributed by atoms with Gasteiger partial charge in [-0.2, -0.15) is 0 Å². The molecule has 0 aromatic heterocycles. The van der Waals surface area contributed by atoms with Crippen molar-refractivity contribution in [2.24, 2.45) is 23.5 Å². The summed E-state index contributed by atoms with van der Waals surface area (Å²) in [6.45, 7) is 0. The third-order valence-electron chi connectivity index (χ3n) is 4.30. The first-order chi connectivity index (χ1) is 8.11. The molecule has 0 saturated heterocycles. The summed E-state index contributed by atoms with van der Waals surface area (Å²) in [5, 5.41) is 0. The highest BCUT2D eigenvalue weighted by molar-refractivity contribution is 9.10. The maximum atomic E-state index is 13.9. The molecule has 0 spiro atoms. The number of hydrogen-bond acceptors (Lipinski definition) is 1. The lowest BCUT2D eigenvalue weighted by Gasteiger charge is -2.16. The van der Waals surface area contributed by atoms with Crippen LogP contribution in [-0.2, 0) is 0 Å². The van der Waals surface area contributed by atoms with Gasteiger partial charge in [-0.3, -0.25) is 0 Å². The Bertz CT molecular complexity index is 453. The third kappa shape index (κ3) is 1.73. The van der Waals surface area contributed by atoms with Gasteiger partial charge in [-0.1, -0.05) is 6.42 Å². The Labute approximate surface area is 108 Å². The molecule has 2 saturated carbocycles. The molecule has 17 heavy (non-hydrogen) atoms. The number of hydrogen-bond donors (Lipinski definition) is 1. The van der Waals surface area contributed by atoms with Gasteiger partial charge in [0, 0.05) is 11.6 Å².